The van der Waals surface area contributed by atoms with Crippen LogP contribution in [0.3, 0.4) is 0 Å². The van der Waals surface area contributed by atoms with Gasteiger partial charge in [0, 0.05) is 16.9 Å². The fraction of sp³-hybridized carbons (Fsp3) is 0.533. The van der Waals surface area contributed by atoms with Crippen LogP contribution in [-0.4, -0.2) is 30.0 Å². The highest BCUT2D eigenvalue weighted by Crippen LogP contribution is 2.22. The molecule has 19 heavy (non-hydrogen) atoms. The molecule has 1 saturated heterocycles. The molecule has 1 aliphatic rings. The summed E-state index contributed by atoms with van der Waals surface area (Å²) in [6, 6.07) is 7.85. The number of halogens is 1. The molecule has 0 aliphatic carbocycles. The average molecular weight is 326 g/mol. The Bertz CT molecular complexity index is 448. The van der Waals surface area contributed by atoms with Gasteiger partial charge in [0.25, 0.3) is 0 Å². The van der Waals surface area contributed by atoms with Crippen LogP contribution in [0, 0.1) is 5.92 Å². The van der Waals surface area contributed by atoms with Crippen molar-refractivity contribution in [3.8, 4) is 5.75 Å². The lowest BCUT2D eigenvalue weighted by Gasteiger charge is -2.34. The van der Waals surface area contributed by atoms with Crippen molar-refractivity contribution >= 4 is 21.8 Å². The number of hydrogen-bond donors (Lipinski definition) is 0. The van der Waals surface area contributed by atoms with E-state index in [1.807, 2.05) is 43.0 Å². The molecule has 104 valence electrons. The summed E-state index contributed by atoms with van der Waals surface area (Å²) in [7, 11) is 0. The second-order valence-corrected chi connectivity index (χ2v) is 6.19. The molecule has 0 radical (unpaired) electrons. The Morgan fingerprint density at radius 3 is 2.95 bits per heavy atom. The Hall–Kier alpha value is -1.03. The third-order valence-corrected chi connectivity index (χ3v) is 3.78. The van der Waals surface area contributed by atoms with E-state index in [0.29, 0.717) is 6.54 Å². The summed E-state index contributed by atoms with van der Waals surface area (Å²) in [4.78, 5) is 13.9. The molecular weight excluding hydrogens is 306 g/mol. The maximum absolute atomic E-state index is 12.0. The minimum Gasteiger partial charge on any atom is -0.489 e. The van der Waals surface area contributed by atoms with Crippen molar-refractivity contribution in [3.63, 3.8) is 0 Å². The summed E-state index contributed by atoms with van der Waals surface area (Å²) in [5.74, 6) is 1.14. The summed E-state index contributed by atoms with van der Waals surface area (Å²) in [6.45, 7) is 5.45. The van der Waals surface area contributed by atoms with Crippen LogP contribution >= 0.6 is 15.9 Å². The van der Waals surface area contributed by atoms with Crippen molar-refractivity contribution in [1.29, 1.82) is 0 Å². The first-order valence-electron chi connectivity index (χ1n) is 6.77. The summed E-state index contributed by atoms with van der Waals surface area (Å²) < 4.78 is 6.98. The van der Waals surface area contributed by atoms with Gasteiger partial charge < -0.3 is 9.64 Å². The van der Waals surface area contributed by atoms with Gasteiger partial charge in [0.05, 0.1) is 6.54 Å². The standard InChI is InChI=1S/C15H20BrNO2/c1-11(2)15(18)17-8-4-7-14(10-17)19-13-6-3-5-12(16)9-13/h3,5-6,9,11,14H,4,7-8,10H2,1-2H3. The van der Waals surface area contributed by atoms with Gasteiger partial charge in [-0.05, 0) is 31.0 Å². The van der Waals surface area contributed by atoms with E-state index in [1.54, 1.807) is 0 Å². The monoisotopic (exact) mass is 325 g/mol. The molecule has 0 aromatic heterocycles. The van der Waals surface area contributed by atoms with Crippen molar-refractivity contribution in [2.45, 2.75) is 32.8 Å². The van der Waals surface area contributed by atoms with E-state index in [0.717, 1.165) is 29.6 Å². The summed E-state index contributed by atoms with van der Waals surface area (Å²) in [6.07, 6.45) is 2.12. The SMILES string of the molecule is CC(C)C(=O)N1CCCC(Oc2cccc(Br)c2)C1. The topological polar surface area (TPSA) is 29.5 Å². The quantitative estimate of drug-likeness (QED) is 0.851. The molecular formula is C15H20BrNO2. The molecule has 0 bridgehead atoms. The summed E-state index contributed by atoms with van der Waals surface area (Å²) in [5, 5.41) is 0. The zero-order valence-electron chi connectivity index (χ0n) is 11.4. The number of benzene rings is 1. The highest BCUT2D eigenvalue weighted by atomic mass is 79.9. The predicted molar refractivity (Wildman–Crippen MR) is 79.2 cm³/mol. The second kappa shape index (κ2) is 6.42. The number of amides is 1. The number of hydrogen-bond acceptors (Lipinski definition) is 2. The van der Waals surface area contributed by atoms with Gasteiger partial charge in [-0.25, -0.2) is 0 Å². The molecule has 0 N–H and O–H groups in total. The summed E-state index contributed by atoms with van der Waals surface area (Å²) in [5.41, 5.74) is 0. The lowest BCUT2D eigenvalue weighted by molar-refractivity contribution is -0.137. The van der Waals surface area contributed by atoms with Crippen LogP contribution in [0.25, 0.3) is 0 Å². The van der Waals surface area contributed by atoms with Crippen molar-refractivity contribution in [1.82, 2.24) is 4.90 Å². The van der Waals surface area contributed by atoms with Crippen molar-refractivity contribution in [2.75, 3.05) is 13.1 Å². The molecule has 3 nitrogen and oxygen atoms in total. The highest BCUT2D eigenvalue weighted by Gasteiger charge is 2.26. The van der Waals surface area contributed by atoms with Crippen molar-refractivity contribution in [3.05, 3.63) is 28.7 Å². The fourth-order valence-electron chi connectivity index (χ4n) is 2.33. The molecule has 1 aromatic carbocycles. The number of ether oxygens (including phenoxy) is 1. The molecule has 0 saturated carbocycles. The molecule has 1 unspecified atom stereocenters. The van der Waals surface area contributed by atoms with Gasteiger partial charge in [-0.15, -0.1) is 0 Å². The first-order chi connectivity index (χ1) is 9.06. The van der Waals surface area contributed by atoms with Gasteiger partial charge >= 0.3 is 0 Å². The molecule has 4 heteroatoms. The molecule has 1 atom stereocenters. The molecule has 2 rings (SSSR count). The smallest absolute Gasteiger partial charge is 0.225 e. The lowest BCUT2D eigenvalue weighted by Crippen LogP contribution is -2.45. The Kier molecular flexibility index (Phi) is 4.86. The highest BCUT2D eigenvalue weighted by molar-refractivity contribution is 9.10. The second-order valence-electron chi connectivity index (χ2n) is 5.28. The van der Waals surface area contributed by atoms with Crippen LogP contribution in [0.1, 0.15) is 26.7 Å². The minimum absolute atomic E-state index is 0.0598. The van der Waals surface area contributed by atoms with Crippen molar-refractivity contribution in [2.24, 2.45) is 5.92 Å². The Labute approximate surface area is 123 Å². The first-order valence-corrected chi connectivity index (χ1v) is 7.56. The van der Waals surface area contributed by atoms with E-state index in [4.69, 9.17) is 4.74 Å². The maximum Gasteiger partial charge on any atom is 0.225 e. The summed E-state index contributed by atoms with van der Waals surface area (Å²) >= 11 is 3.44. The van der Waals surface area contributed by atoms with E-state index >= 15 is 0 Å². The molecule has 1 aromatic rings. The number of carbonyl (C=O) groups is 1. The van der Waals surface area contributed by atoms with Gasteiger partial charge in [-0.3, -0.25) is 4.79 Å². The predicted octanol–water partition coefficient (Wildman–Crippen LogP) is 3.47. The van der Waals surface area contributed by atoms with Crippen LogP contribution in [0.2, 0.25) is 0 Å². The molecule has 1 heterocycles. The lowest BCUT2D eigenvalue weighted by atomic mass is 10.1. The van der Waals surface area contributed by atoms with Gasteiger partial charge in [-0.1, -0.05) is 35.8 Å². The number of rotatable bonds is 3. The number of likely N-dealkylation sites (tertiary alicyclic amines) is 1. The van der Waals surface area contributed by atoms with Crippen LogP contribution in [0.15, 0.2) is 28.7 Å². The molecule has 1 amide bonds. The Balaban J connectivity index is 1.96. The maximum atomic E-state index is 12.0. The largest absolute Gasteiger partial charge is 0.489 e. The fourth-order valence-corrected chi connectivity index (χ4v) is 2.71. The van der Waals surface area contributed by atoms with Crippen LogP contribution in [-0.2, 0) is 4.79 Å². The van der Waals surface area contributed by atoms with Crippen LogP contribution in [0.4, 0.5) is 0 Å². The third-order valence-electron chi connectivity index (χ3n) is 3.28. The number of carbonyl (C=O) groups excluding carboxylic acids is 1. The Morgan fingerprint density at radius 1 is 1.47 bits per heavy atom. The van der Waals surface area contributed by atoms with Crippen LogP contribution < -0.4 is 4.74 Å². The molecule has 1 fully saturated rings. The molecule has 1 aliphatic heterocycles. The average Bonchev–Trinajstić information content (AvgIpc) is 2.38. The van der Waals surface area contributed by atoms with E-state index in [2.05, 4.69) is 15.9 Å². The molecule has 0 spiro atoms. The van der Waals surface area contributed by atoms with Gasteiger partial charge in [0.1, 0.15) is 11.9 Å². The number of piperidine rings is 1. The Morgan fingerprint density at radius 2 is 2.26 bits per heavy atom. The van der Waals surface area contributed by atoms with Gasteiger partial charge in [0.15, 0.2) is 0 Å². The number of nitrogens with zero attached hydrogens (tertiary/aromatic N) is 1. The first kappa shape index (κ1) is 14.4. The van der Waals surface area contributed by atoms with Crippen LogP contribution in [0.5, 0.6) is 5.75 Å². The van der Waals surface area contributed by atoms with Gasteiger partial charge in [0.2, 0.25) is 5.91 Å². The van der Waals surface area contributed by atoms with E-state index < -0.39 is 0 Å². The normalized spacial score (nSPS) is 19.6. The van der Waals surface area contributed by atoms with E-state index in [9.17, 15) is 4.79 Å². The van der Waals surface area contributed by atoms with Gasteiger partial charge in [-0.2, -0.15) is 0 Å². The zero-order chi connectivity index (χ0) is 13.8. The van der Waals surface area contributed by atoms with E-state index in [1.165, 1.54) is 0 Å². The zero-order valence-corrected chi connectivity index (χ0v) is 13.0. The minimum atomic E-state index is 0.0598. The van der Waals surface area contributed by atoms with E-state index in [-0.39, 0.29) is 17.9 Å². The third kappa shape index (κ3) is 3.96. The van der Waals surface area contributed by atoms with Crippen molar-refractivity contribution < 1.29 is 9.53 Å².